The molecular formula is C8H18ClN5. The van der Waals surface area contributed by atoms with Crippen molar-refractivity contribution in [2.24, 2.45) is 10.8 Å². The maximum Gasteiger partial charge on any atom is 0.188 e. The van der Waals surface area contributed by atoms with Gasteiger partial charge in [-0.25, -0.2) is 0 Å². The Balaban J connectivity index is 0.00000169. The fraction of sp³-hybridized carbons (Fsp3) is 0.750. The van der Waals surface area contributed by atoms with Crippen molar-refractivity contribution in [3.05, 3.63) is 0 Å². The molecule has 1 atom stereocenters. The van der Waals surface area contributed by atoms with Gasteiger partial charge in [0, 0.05) is 26.9 Å². The molecule has 1 unspecified atom stereocenters. The highest BCUT2D eigenvalue weighted by Gasteiger charge is 2.23. The van der Waals surface area contributed by atoms with Crippen LogP contribution in [-0.2, 0) is 0 Å². The fourth-order valence-corrected chi connectivity index (χ4v) is 1.46. The Morgan fingerprint density at radius 3 is 2.79 bits per heavy atom. The maximum absolute atomic E-state index is 7.34. The molecule has 1 aliphatic rings. The van der Waals surface area contributed by atoms with E-state index < -0.39 is 0 Å². The lowest BCUT2D eigenvalue weighted by atomic mass is 10.2. The lowest BCUT2D eigenvalue weighted by molar-refractivity contribution is 0.421. The van der Waals surface area contributed by atoms with E-state index in [1.807, 2.05) is 25.2 Å². The van der Waals surface area contributed by atoms with Crippen LogP contribution < -0.4 is 5.73 Å². The molecule has 0 aromatic carbocycles. The van der Waals surface area contributed by atoms with Crippen LogP contribution in [0.2, 0.25) is 0 Å². The summed E-state index contributed by atoms with van der Waals surface area (Å²) in [4.78, 5) is 1.87. The topological polar surface area (TPSA) is 68.7 Å². The van der Waals surface area contributed by atoms with E-state index in [1.165, 1.54) is 0 Å². The van der Waals surface area contributed by atoms with Crippen molar-refractivity contribution in [3.8, 4) is 0 Å². The number of guanidine groups is 1. The molecule has 0 aliphatic carbocycles. The number of nitrogens with zero attached hydrogens (tertiary/aromatic N) is 3. The molecule has 1 rings (SSSR count). The third-order valence-electron chi connectivity index (χ3n) is 2.08. The molecule has 1 heterocycles. The number of hydrogen-bond donors (Lipinski definition) is 2. The van der Waals surface area contributed by atoms with E-state index in [-0.39, 0.29) is 24.4 Å². The van der Waals surface area contributed by atoms with Crippen LogP contribution in [0.1, 0.15) is 12.8 Å². The number of hydrogen-bond acceptors (Lipinski definition) is 3. The van der Waals surface area contributed by atoms with E-state index in [0.717, 1.165) is 19.4 Å². The van der Waals surface area contributed by atoms with Crippen molar-refractivity contribution >= 4 is 24.6 Å². The van der Waals surface area contributed by atoms with Crippen molar-refractivity contribution in [2.75, 3.05) is 20.6 Å². The normalized spacial score (nSPS) is 21.0. The minimum absolute atomic E-state index is 0. The van der Waals surface area contributed by atoms with Crippen LogP contribution in [-0.4, -0.2) is 48.8 Å². The summed E-state index contributed by atoms with van der Waals surface area (Å²) in [5.41, 5.74) is 5.43. The lowest BCUT2D eigenvalue weighted by Crippen LogP contribution is -2.40. The summed E-state index contributed by atoms with van der Waals surface area (Å²) in [5.74, 6) is 0.146. The summed E-state index contributed by atoms with van der Waals surface area (Å²) < 4.78 is 0. The first-order valence-corrected chi connectivity index (χ1v) is 4.43. The number of nitrogens with one attached hydrogen (secondary N) is 1. The molecule has 0 bridgehead atoms. The summed E-state index contributed by atoms with van der Waals surface area (Å²) in [5, 5.41) is 13.2. The van der Waals surface area contributed by atoms with Crippen molar-refractivity contribution < 1.29 is 0 Å². The van der Waals surface area contributed by atoms with Crippen LogP contribution in [0.25, 0.3) is 0 Å². The molecule has 1 saturated heterocycles. The summed E-state index contributed by atoms with van der Waals surface area (Å²) in [7, 11) is 3.76. The van der Waals surface area contributed by atoms with E-state index in [0.29, 0.717) is 0 Å². The van der Waals surface area contributed by atoms with Crippen LogP contribution in [0.15, 0.2) is 5.10 Å². The minimum atomic E-state index is 0. The van der Waals surface area contributed by atoms with Gasteiger partial charge in [-0.1, -0.05) is 0 Å². The van der Waals surface area contributed by atoms with Gasteiger partial charge in [0.05, 0.1) is 6.04 Å². The van der Waals surface area contributed by atoms with Crippen LogP contribution >= 0.6 is 12.4 Å². The maximum atomic E-state index is 7.34. The van der Waals surface area contributed by atoms with Gasteiger partial charge in [-0.15, -0.1) is 12.4 Å². The summed E-state index contributed by atoms with van der Waals surface area (Å²) in [6.07, 6.45) is 3.98. The van der Waals surface area contributed by atoms with Crippen molar-refractivity contribution in [1.82, 2.24) is 9.91 Å². The zero-order valence-electron chi connectivity index (χ0n) is 8.60. The molecule has 3 N–H and O–H groups in total. The third-order valence-corrected chi connectivity index (χ3v) is 2.08. The predicted octanol–water partition coefficient (Wildman–Crippen LogP) is 0.313. The molecule has 0 aromatic heterocycles. The fourth-order valence-electron chi connectivity index (χ4n) is 1.46. The van der Waals surface area contributed by atoms with Crippen LogP contribution in [0.5, 0.6) is 0 Å². The number of likely N-dealkylation sites (tertiary alicyclic amines) is 1. The standard InChI is InChI=1S/C8H17N5.ClH/c1-12(2)11-6-7-4-3-5-13(7)8(9)10;/h6-7H,3-5H2,1-2H3,(H3,9,10);1H. The molecule has 1 aliphatic heterocycles. The highest BCUT2D eigenvalue weighted by molar-refractivity contribution is 5.85. The van der Waals surface area contributed by atoms with E-state index in [9.17, 15) is 0 Å². The van der Waals surface area contributed by atoms with Gasteiger partial charge >= 0.3 is 0 Å². The SMILES string of the molecule is CN(C)N=CC1CCCN1C(=N)N.Cl. The molecule has 0 spiro atoms. The first-order chi connectivity index (χ1) is 6.11. The molecule has 5 nitrogen and oxygen atoms in total. The molecule has 82 valence electrons. The van der Waals surface area contributed by atoms with Crippen LogP contribution in [0.4, 0.5) is 0 Å². The second-order valence-electron chi connectivity index (χ2n) is 3.40. The Morgan fingerprint density at radius 1 is 1.64 bits per heavy atom. The van der Waals surface area contributed by atoms with Gasteiger partial charge in [0.25, 0.3) is 0 Å². The highest BCUT2D eigenvalue weighted by Crippen LogP contribution is 2.14. The second kappa shape index (κ2) is 5.70. The smallest absolute Gasteiger partial charge is 0.188 e. The number of rotatable bonds is 2. The number of halogens is 1. The molecule has 0 aromatic rings. The van der Waals surface area contributed by atoms with E-state index in [4.69, 9.17) is 11.1 Å². The molecule has 6 heteroatoms. The van der Waals surface area contributed by atoms with E-state index in [1.54, 1.807) is 5.01 Å². The van der Waals surface area contributed by atoms with Crippen molar-refractivity contribution in [2.45, 2.75) is 18.9 Å². The quantitative estimate of drug-likeness (QED) is 0.399. The number of nitrogens with two attached hydrogens (primary N) is 1. The van der Waals surface area contributed by atoms with Gasteiger partial charge in [-0.3, -0.25) is 5.41 Å². The Hall–Kier alpha value is -0.970. The molecule has 0 saturated carbocycles. The third kappa shape index (κ3) is 3.41. The first kappa shape index (κ1) is 13.0. The Labute approximate surface area is 90.9 Å². The summed E-state index contributed by atoms with van der Waals surface area (Å²) in [6, 6.07) is 0.208. The second-order valence-corrected chi connectivity index (χ2v) is 3.40. The Bertz CT molecular complexity index is 216. The number of hydrazone groups is 1. The highest BCUT2D eigenvalue weighted by atomic mass is 35.5. The van der Waals surface area contributed by atoms with Crippen LogP contribution in [0, 0.1) is 5.41 Å². The monoisotopic (exact) mass is 219 g/mol. The van der Waals surface area contributed by atoms with Gasteiger partial charge in [-0.2, -0.15) is 5.10 Å². The van der Waals surface area contributed by atoms with E-state index >= 15 is 0 Å². The van der Waals surface area contributed by atoms with Gasteiger partial charge < -0.3 is 15.6 Å². The summed E-state index contributed by atoms with van der Waals surface area (Å²) >= 11 is 0. The zero-order valence-corrected chi connectivity index (χ0v) is 9.42. The molecule has 1 fully saturated rings. The zero-order chi connectivity index (χ0) is 9.84. The van der Waals surface area contributed by atoms with Gasteiger partial charge in [0.2, 0.25) is 0 Å². The minimum Gasteiger partial charge on any atom is -0.370 e. The predicted molar refractivity (Wildman–Crippen MR) is 61.1 cm³/mol. The molecule has 0 amide bonds. The Morgan fingerprint density at radius 2 is 2.29 bits per heavy atom. The molecule has 0 radical (unpaired) electrons. The van der Waals surface area contributed by atoms with Gasteiger partial charge in [-0.05, 0) is 12.8 Å². The van der Waals surface area contributed by atoms with Crippen molar-refractivity contribution in [1.29, 1.82) is 5.41 Å². The van der Waals surface area contributed by atoms with E-state index in [2.05, 4.69) is 5.10 Å². The average molecular weight is 220 g/mol. The largest absolute Gasteiger partial charge is 0.370 e. The Kier molecular flexibility index (Phi) is 5.30. The molecule has 14 heavy (non-hydrogen) atoms. The van der Waals surface area contributed by atoms with Gasteiger partial charge in [0.15, 0.2) is 5.96 Å². The summed E-state index contributed by atoms with van der Waals surface area (Å²) in [6.45, 7) is 0.874. The average Bonchev–Trinajstić information content (AvgIpc) is 2.47. The lowest BCUT2D eigenvalue weighted by Gasteiger charge is -2.21. The first-order valence-electron chi connectivity index (χ1n) is 4.43. The molecular weight excluding hydrogens is 202 g/mol. The van der Waals surface area contributed by atoms with Crippen LogP contribution in [0.3, 0.4) is 0 Å². The van der Waals surface area contributed by atoms with Gasteiger partial charge in [0.1, 0.15) is 0 Å². The van der Waals surface area contributed by atoms with Crippen molar-refractivity contribution in [3.63, 3.8) is 0 Å².